The number of nitrogens with zero attached hydrogens (tertiary/aromatic N) is 12. The SMILES string of the molecule is CCc1ncoc1N(c1scnc1CC)c1cc(N(c2ocnc2CC)c2scnc2CC)c2ccc3c(N(c4ocnc4CC)c4scnc4CC)cc(N(c4ocnc4CC)c4scnc4CC)c4ccc1c2c43. The maximum atomic E-state index is 6.55. The van der Waals surface area contributed by atoms with Gasteiger partial charge in [-0.25, -0.2) is 39.9 Å². The van der Waals surface area contributed by atoms with E-state index in [1.165, 1.54) is 0 Å². The minimum Gasteiger partial charge on any atom is -0.427 e. The van der Waals surface area contributed by atoms with E-state index in [4.69, 9.17) is 57.5 Å². The van der Waals surface area contributed by atoms with E-state index in [2.05, 4.69) is 111 Å². The normalized spacial score (nSPS) is 11.8. The Hall–Kier alpha value is -7.52. The van der Waals surface area contributed by atoms with Gasteiger partial charge in [0.25, 0.3) is 0 Å². The average molecular weight is 1090 g/mol. The van der Waals surface area contributed by atoms with Crippen molar-refractivity contribution in [3.8, 4) is 0 Å². The number of rotatable bonds is 20. The Bertz CT molecular complexity index is 3320. The van der Waals surface area contributed by atoms with E-state index in [1.807, 2.05) is 22.0 Å². The van der Waals surface area contributed by atoms with E-state index in [0.29, 0.717) is 74.9 Å². The lowest BCUT2D eigenvalue weighted by atomic mass is 9.89. The summed E-state index contributed by atoms with van der Waals surface area (Å²) < 4.78 is 26.2. The molecule has 0 bridgehead atoms. The van der Waals surface area contributed by atoms with E-state index in [1.54, 1.807) is 70.9 Å². The van der Waals surface area contributed by atoms with Crippen LogP contribution in [-0.4, -0.2) is 39.9 Å². The highest BCUT2D eigenvalue weighted by Gasteiger charge is 2.36. The van der Waals surface area contributed by atoms with Gasteiger partial charge in [0.15, 0.2) is 25.6 Å². The van der Waals surface area contributed by atoms with E-state index >= 15 is 0 Å². The summed E-state index contributed by atoms with van der Waals surface area (Å²) in [4.78, 5) is 47.8. The van der Waals surface area contributed by atoms with Gasteiger partial charge in [-0.15, -0.1) is 45.3 Å². The van der Waals surface area contributed by atoms with Crippen molar-refractivity contribution in [2.75, 3.05) is 19.6 Å². The molecule has 16 nitrogen and oxygen atoms in total. The van der Waals surface area contributed by atoms with Crippen molar-refractivity contribution in [2.45, 2.75) is 107 Å². The molecule has 76 heavy (non-hydrogen) atoms. The predicted molar refractivity (Wildman–Crippen MR) is 307 cm³/mol. The monoisotopic (exact) mass is 1090 g/mol. The van der Waals surface area contributed by atoms with E-state index in [0.717, 1.165) is 121 Å². The second-order valence-corrected chi connectivity index (χ2v) is 21.2. The number of benzene rings is 4. The van der Waals surface area contributed by atoms with Crippen LogP contribution in [0.25, 0.3) is 32.3 Å². The second kappa shape index (κ2) is 20.5. The first kappa shape index (κ1) is 49.4. The Labute approximate surface area is 454 Å². The van der Waals surface area contributed by atoms with E-state index < -0.39 is 0 Å². The van der Waals surface area contributed by atoms with Crippen LogP contribution in [0, 0.1) is 0 Å². The number of anilines is 12. The summed E-state index contributed by atoms with van der Waals surface area (Å²) in [6.07, 6.45) is 11.5. The standard InChI is InChI=1S/C56H54N12O4S4/c1-9-35-49(69-23-57-35)65(53-39(13-5)61-27-73-53)43-21-44(66(50-36(10-2)58-24-70-50)54-40(14-6)62-28-74-54)32-19-20-34-46(68(52-38(12-4)60-26-72-52)56-42(16-8)64-30-76-56)22-45(33-18-17-31(43)47(32)48(33)34)67(51-37(11-3)59-25-71-51)55-41(15-7)63-29-75-55/h17-30H,9-16H2,1-8H3. The van der Waals surface area contributed by atoms with Gasteiger partial charge in [0, 0.05) is 32.3 Å². The molecule has 386 valence electrons. The molecule has 12 rings (SSSR count). The molecule has 0 aliphatic carbocycles. The third-order valence-corrected chi connectivity index (χ3v) is 17.4. The molecule has 0 aliphatic rings. The highest BCUT2D eigenvalue weighted by atomic mass is 32.1. The summed E-state index contributed by atoms with van der Waals surface area (Å²) in [5, 5.41) is 9.64. The lowest BCUT2D eigenvalue weighted by molar-refractivity contribution is 0.562. The first-order valence-electron chi connectivity index (χ1n) is 25.8. The maximum Gasteiger partial charge on any atom is 0.228 e. The molecule has 0 radical (unpaired) electrons. The van der Waals surface area contributed by atoms with Crippen molar-refractivity contribution in [3.63, 3.8) is 0 Å². The Morgan fingerprint density at radius 2 is 0.539 bits per heavy atom. The first-order valence-corrected chi connectivity index (χ1v) is 29.3. The van der Waals surface area contributed by atoms with E-state index in [-0.39, 0.29) is 0 Å². The van der Waals surface area contributed by atoms with Crippen molar-refractivity contribution in [3.05, 3.63) is 130 Å². The summed E-state index contributed by atoms with van der Waals surface area (Å²) >= 11 is 6.31. The number of oxazole rings is 4. The molecule has 12 aromatic rings. The van der Waals surface area contributed by atoms with Gasteiger partial charge in [-0.1, -0.05) is 79.7 Å². The van der Waals surface area contributed by atoms with Crippen LogP contribution in [0.2, 0.25) is 0 Å². The van der Waals surface area contributed by atoms with Gasteiger partial charge < -0.3 is 17.7 Å². The van der Waals surface area contributed by atoms with Crippen LogP contribution in [0.3, 0.4) is 0 Å². The lowest BCUT2D eigenvalue weighted by Gasteiger charge is -2.32. The van der Waals surface area contributed by atoms with Crippen molar-refractivity contribution in [2.24, 2.45) is 0 Å². The molecule has 4 aromatic carbocycles. The van der Waals surface area contributed by atoms with Crippen molar-refractivity contribution < 1.29 is 17.7 Å². The molecule has 0 N–H and O–H groups in total. The molecule has 0 aliphatic heterocycles. The maximum absolute atomic E-state index is 6.55. The topological polar surface area (TPSA) is 169 Å². The number of aryl methyl sites for hydroxylation is 8. The van der Waals surface area contributed by atoms with Gasteiger partial charge in [0.05, 0.1) is 67.6 Å². The molecule has 0 fully saturated rings. The zero-order chi connectivity index (χ0) is 52.2. The predicted octanol–water partition coefficient (Wildman–Crippen LogP) is 16.7. The molecule has 0 spiro atoms. The fraction of sp³-hybridized carbons (Fsp3) is 0.286. The fourth-order valence-corrected chi connectivity index (χ4v) is 14.0. The van der Waals surface area contributed by atoms with Gasteiger partial charge >= 0.3 is 0 Å². The third kappa shape index (κ3) is 7.86. The van der Waals surface area contributed by atoms with Gasteiger partial charge in [-0.2, -0.15) is 0 Å². The zero-order valence-corrected chi connectivity index (χ0v) is 46.6. The molecular formula is C56H54N12O4S4. The van der Waals surface area contributed by atoms with Crippen LogP contribution < -0.4 is 19.6 Å². The summed E-state index contributed by atoms with van der Waals surface area (Å²) in [6, 6.07) is 13.5. The van der Waals surface area contributed by atoms with Crippen LogP contribution in [-0.2, 0) is 51.4 Å². The molecule has 0 saturated carbocycles. The fourth-order valence-electron chi connectivity index (χ4n) is 10.4. The van der Waals surface area contributed by atoms with Gasteiger partial charge in [-0.3, -0.25) is 19.6 Å². The van der Waals surface area contributed by atoms with Crippen LogP contribution in [0.5, 0.6) is 0 Å². The quantitative estimate of drug-likeness (QED) is 0.0660. The van der Waals surface area contributed by atoms with Crippen LogP contribution in [0.4, 0.5) is 66.3 Å². The minimum atomic E-state index is 0.623. The molecule has 8 heterocycles. The smallest absolute Gasteiger partial charge is 0.228 e. The molecular weight excluding hydrogens is 1030 g/mol. The Morgan fingerprint density at radius 1 is 0.316 bits per heavy atom. The van der Waals surface area contributed by atoms with Crippen LogP contribution in [0.1, 0.15) is 101 Å². The molecule has 8 aromatic heterocycles. The molecule has 0 amide bonds. The van der Waals surface area contributed by atoms with E-state index in [9.17, 15) is 0 Å². The van der Waals surface area contributed by atoms with Gasteiger partial charge in [0.2, 0.25) is 23.5 Å². The van der Waals surface area contributed by atoms with Gasteiger partial charge in [0.1, 0.15) is 42.8 Å². The largest absolute Gasteiger partial charge is 0.427 e. The number of thiazole rings is 4. The Kier molecular flexibility index (Phi) is 13.3. The van der Waals surface area contributed by atoms with Crippen LogP contribution in [0.15, 0.2) is 102 Å². The Morgan fingerprint density at radius 3 is 0.750 bits per heavy atom. The molecule has 0 atom stereocenters. The first-order chi connectivity index (χ1) is 37.4. The van der Waals surface area contributed by atoms with Crippen molar-refractivity contribution in [1.29, 1.82) is 0 Å². The number of aromatic nitrogens is 8. The molecule has 0 saturated heterocycles. The van der Waals surface area contributed by atoms with Crippen molar-refractivity contribution in [1.82, 2.24) is 39.9 Å². The van der Waals surface area contributed by atoms with Crippen molar-refractivity contribution >= 4 is 144 Å². The average Bonchev–Trinajstić information content (AvgIpc) is 4.33. The number of hydrogen-bond donors (Lipinski definition) is 0. The highest BCUT2D eigenvalue weighted by molar-refractivity contribution is 7.15. The zero-order valence-electron chi connectivity index (χ0n) is 43.4. The summed E-state index contributed by atoms with van der Waals surface area (Å²) in [6.45, 7) is 17.0. The van der Waals surface area contributed by atoms with Crippen LogP contribution >= 0.6 is 45.3 Å². The summed E-state index contributed by atoms with van der Waals surface area (Å²) in [5.41, 5.74) is 18.2. The summed E-state index contributed by atoms with van der Waals surface area (Å²) in [5.74, 6) is 2.49. The highest BCUT2D eigenvalue weighted by Crippen LogP contribution is 2.57. The third-order valence-electron chi connectivity index (χ3n) is 14.0. The number of hydrogen-bond acceptors (Lipinski definition) is 20. The lowest BCUT2D eigenvalue weighted by Crippen LogP contribution is -2.17. The molecule has 0 unspecified atom stereocenters. The van der Waals surface area contributed by atoms with Gasteiger partial charge in [-0.05, 0) is 63.5 Å². The Balaban J connectivity index is 1.32. The molecule has 20 heteroatoms. The summed E-state index contributed by atoms with van der Waals surface area (Å²) in [7, 11) is 0. The second-order valence-electron chi connectivity index (χ2n) is 17.9. The minimum absolute atomic E-state index is 0.623.